The molecule has 2 amide bonds. The van der Waals surface area contributed by atoms with Gasteiger partial charge in [0.2, 0.25) is 0 Å². The van der Waals surface area contributed by atoms with Crippen molar-refractivity contribution in [2.24, 2.45) is 5.10 Å². The smallest absolute Gasteiger partial charge is 0.419 e. The van der Waals surface area contributed by atoms with Crippen molar-refractivity contribution in [2.45, 2.75) is 13.1 Å². The fourth-order valence-corrected chi connectivity index (χ4v) is 4.82. The van der Waals surface area contributed by atoms with Gasteiger partial charge in [-0.25, -0.2) is 10.4 Å². The number of hydrogen-bond donors (Lipinski definition) is 2. The van der Waals surface area contributed by atoms with Gasteiger partial charge in [0.25, 0.3) is 11.8 Å². The topological polar surface area (TPSA) is 107 Å². The molecule has 2 N–H and O–H groups in total. The molecule has 9 nitrogen and oxygen atoms in total. The van der Waals surface area contributed by atoms with E-state index in [0.717, 1.165) is 16.8 Å². The lowest BCUT2D eigenvalue weighted by Gasteiger charge is -2.36. The monoisotopic (exact) mass is 591 g/mol. The average molecular weight is 592 g/mol. The molecule has 0 spiro atoms. The number of nitrogens with one attached hydrogen (secondary N) is 1. The standard InChI is InChI=1S/C31H28F3N5O4/c1-20-17-21(8-10-26(20)40)30(42)37-36-18-22-9-11-27(24-6-3-2-5-23(22)24)43-19-28(41)38-13-15-39(16-14-38)29-25(31(32,33)34)7-4-12-35-29/h2-12,17-18,40H,13-16,19H2,1H3,(H,37,42)/b36-18+. The van der Waals surface area contributed by atoms with E-state index in [-0.39, 0.29) is 50.3 Å². The number of ether oxygens (including phenoxy) is 1. The van der Waals surface area contributed by atoms with Gasteiger partial charge in [-0.05, 0) is 60.3 Å². The van der Waals surface area contributed by atoms with Crippen molar-refractivity contribution in [1.29, 1.82) is 0 Å². The van der Waals surface area contributed by atoms with E-state index in [1.54, 1.807) is 30.0 Å². The Hall–Kier alpha value is -5.13. The molecule has 4 aromatic rings. The summed E-state index contributed by atoms with van der Waals surface area (Å²) in [7, 11) is 0. The molecule has 1 aliphatic rings. The third-order valence-corrected chi connectivity index (χ3v) is 7.12. The second-order valence-electron chi connectivity index (χ2n) is 9.93. The first kappa shape index (κ1) is 29.4. The van der Waals surface area contributed by atoms with Crippen molar-refractivity contribution in [1.82, 2.24) is 15.3 Å². The van der Waals surface area contributed by atoms with Gasteiger partial charge in [0, 0.05) is 48.9 Å². The molecule has 0 aliphatic carbocycles. The van der Waals surface area contributed by atoms with Gasteiger partial charge >= 0.3 is 6.18 Å². The molecule has 5 rings (SSSR count). The van der Waals surface area contributed by atoms with Crippen molar-refractivity contribution in [3.8, 4) is 11.5 Å². The molecule has 12 heteroatoms. The van der Waals surface area contributed by atoms with Gasteiger partial charge < -0.3 is 19.6 Å². The van der Waals surface area contributed by atoms with Crippen LogP contribution in [0.3, 0.4) is 0 Å². The number of halogens is 3. The number of carbonyl (C=O) groups is 2. The summed E-state index contributed by atoms with van der Waals surface area (Å²) in [4.78, 5) is 32.4. The minimum Gasteiger partial charge on any atom is -0.508 e. The Balaban J connectivity index is 1.20. The van der Waals surface area contributed by atoms with Crippen LogP contribution in [0.5, 0.6) is 11.5 Å². The summed E-state index contributed by atoms with van der Waals surface area (Å²) in [6.07, 6.45) is -1.69. The van der Waals surface area contributed by atoms with Crippen LogP contribution in [0.2, 0.25) is 0 Å². The van der Waals surface area contributed by atoms with E-state index >= 15 is 0 Å². The summed E-state index contributed by atoms with van der Waals surface area (Å²) in [5, 5.41) is 15.3. The van der Waals surface area contributed by atoms with E-state index in [2.05, 4.69) is 15.5 Å². The highest BCUT2D eigenvalue weighted by atomic mass is 19.4. The molecule has 0 unspecified atom stereocenters. The molecule has 43 heavy (non-hydrogen) atoms. The molecule has 1 fully saturated rings. The summed E-state index contributed by atoms with van der Waals surface area (Å²) in [5.41, 5.74) is 3.32. The van der Waals surface area contributed by atoms with Gasteiger partial charge in [0.05, 0.1) is 11.8 Å². The van der Waals surface area contributed by atoms with Crippen molar-refractivity contribution >= 4 is 34.6 Å². The molecule has 3 aromatic carbocycles. The SMILES string of the molecule is Cc1cc(C(=O)N/N=C/c2ccc(OCC(=O)N3CCN(c4ncccc4C(F)(F)F)CC3)c3ccccc23)ccc1O. The molecule has 1 aromatic heterocycles. The maximum Gasteiger partial charge on any atom is 0.419 e. The Morgan fingerprint density at radius 3 is 2.49 bits per heavy atom. The molecular formula is C31H28F3N5O4. The van der Waals surface area contributed by atoms with E-state index in [9.17, 15) is 27.9 Å². The number of anilines is 1. The Morgan fingerprint density at radius 1 is 1.02 bits per heavy atom. The van der Waals surface area contributed by atoms with Crippen LogP contribution in [-0.4, -0.2) is 65.8 Å². The number of aromatic hydroxyl groups is 1. The lowest BCUT2D eigenvalue weighted by atomic mass is 10.0. The molecule has 1 aliphatic heterocycles. The summed E-state index contributed by atoms with van der Waals surface area (Å²) >= 11 is 0. The molecule has 1 saturated heterocycles. The number of rotatable bonds is 7. The summed E-state index contributed by atoms with van der Waals surface area (Å²) in [6.45, 7) is 2.36. The van der Waals surface area contributed by atoms with Crippen molar-refractivity contribution < 1.29 is 32.6 Å². The van der Waals surface area contributed by atoms with E-state index in [1.165, 1.54) is 35.5 Å². The maximum absolute atomic E-state index is 13.4. The van der Waals surface area contributed by atoms with Crippen molar-refractivity contribution in [3.63, 3.8) is 0 Å². The van der Waals surface area contributed by atoms with Crippen molar-refractivity contribution in [3.05, 3.63) is 95.2 Å². The lowest BCUT2D eigenvalue weighted by molar-refractivity contribution is -0.137. The normalized spacial score (nSPS) is 13.9. The van der Waals surface area contributed by atoms with Crippen LogP contribution in [0.15, 0.2) is 78.0 Å². The predicted molar refractivity (Wildman–Crippen MR) is 155 cm³/mol. The quantitative estimate of drug-likeness (QED) is 0.237. The molecule has 0 atom stereocenters. The van der Waals surface area contributed by atoms with Gasteiger partial charge in [0.1, 0.15) is 17.3 Å². The summed E-state index contributed by atoms with van der Waals surface area (Å²) in [6, 6.07) is 17.6. The highest BCUT2D eigenvalue weighted by Gasteiger charge is 2.36. The zero-order valence-corrected chi connectivity index (χ0v) is 23.1. The highest BCUT2D eigenvalue weighted by molar-refractivity contribution is 6.03. The molecule has 222 valence electrons. The first-order chi connectivity index (χ1) is 20.6. The number of aryl methyl sites for hydroxylation is 1. The molecule has 0 radical (unpaired) electrons. The third kappa shape index (κ3) is 6.69. The first-order valence-corrected chi connectivity index (χ1v) is 13.4. The Bertz CT molecular complexity index is 1680. The van der Waals surface area contributed by atoms with Crippen LogP contribution < -0.4 is 15.1 Å². The Labute approximate surface area is 245 Å². The fourth-order valence-electron chi connectivity index (χ4n) is 4.82. The number of benzene rings is 3. The maximum atomic E-state index is 13.4. The number of fused-ring (bicyclic) bond motifs is 1. The number of alkyl halides is 3. The molecule has 0 saturated carbocycles. The minimum absolute atomic E-state index is 0.0988. The Kier molecular flexibility index (Phi) is 8.46. The van der Waals surface area contributed by atoms with Gasteiger partial charge in [-0.1, -0.05) is 24.3 Å². The number of piperazine rings is 1. The highest BCUT2D eigenvalue weighted by Crippen LogP contribution is 2.35. The lowest BCUT2D eigenvalue weighted by Crippen LogP contribution is -2.50. The average Bonchev–Trinajstić information content (AvgIpc) is 3.01. The van der Waals surface area contributed by atoms with Crippen LogP contribution in [-0.2, 0) is 11.0 Å². The second-order valence-corrected chi connectivity index (χ2v) is 9.93. The van der Waals surface area contributed by atoms with Gasteiger partial charge in [0.15, 0.2) is 6.61 Å². The van der Waals surface area contributed by atoms with Gasteiger partial charge in [-0.15, -0.1) is 0 Å². The van der Waals surface area contributed by atoms with E-state index in [1.807, 2.05) is 24.3 Å². The van der Waals surface area contributed by atoms with E-state index in [4.69, 9.17) is 4.74 Å². The Morgan fingerprint density at radius 2 is 1.77 bits per heavy atom. The number of phenols is 1. The number of phenolic OH excluding ortho intramolecular Hbond substituents is 1. The third-order valence-electron chi connectivity index (χ3n) is 7.12. The number of pyridine rings is 1. The summed E-state index contributed by atoms with van der Waals surface area (Å²) in [5.74, 6) is -0.265. The van der Waals surface area contributed by atoms with Crippen molar-refractivity contribution in [2.75, 3.05) is 37.7 Å². The number of amides is 2. The van der Waals surface area contributed by atoms with Crippen LogP contribution in [0.1, 0.15) is 27.0 Å². The van der Waals surface area contributed by atoms with E-state index < -0.39 is 17.6 Å². The van der Waals surface area contributed by atoms with E-state index in [0.29, 0.717) is 22.4 Å². The minimum atomic E-state index is -4.52. The number of carbonyl (C=O) groups excluding carboxylic acids is 2. The largest absolute Gasteiger partial charge is 0.508 e. The van der Waals surface area contributed by atoms with Gasteiger partial charge in [-0.2, -0.15) is 18.3 Å². The molecule has 0 bridgehead atoms. The first-order valence-electron chi connectivity index (χ1n) is 13.4. The van der Waals surface area contributed by atoms with Crippen LogP contribution in [0.4, 0.5) is 19.0 Å². The second kappa shape index (κ2) is 12.4. The fraction of sp³-hybridized carbons (Fsp3) is 0.226. The zero-order chi connectivity index (χ0) is 30.6. The number of hydrogen-bond acceptors (Lipinski definition) is 7. The van der Waals surface area contributed by atoms with Gasteiger partial charge in [-0.3, -0.25) is 9.59 Å². The summed E-state index contributed by atoms with van der Waals surface area (Å²) < 4.78 is 46.1. The molecular weight excluding hydrogens is 563 g/mol. The zero-order valence-electron chi connectivity index (χ0n) is 23.1. The number of hydrazone groups is 1. The molecule has 2 heterocycles. The number of nitrogens with zero attached hydrogens (tertiary/aromatic N) is 4. The number of aromatic nitrogens is 1. The van der Waals surface area contributed by atoms with Crippen LogP contribution in [0, 0.1) is 6.92 Å². The van der Waals surface area contributed by atoms with Crippen LogP contribution >= 0.6 is 0 Å². The van der Waals surface area contributed by atoms with Crippen LogP contribution in [0.25, 0.3) is 10.8 Å². The predicted octanol–water partition coefficient (Wildman–Crippen LogP) is 4.76.